The molecule has 1 atom stereocenters. The molecular weight excluding hydrogens is 352 g/mol. The third-order valence-electron chi connectivity index (χ3n) is 6.71. The fourth-order valence-electron chi connectivity index (χ4n) is 5.11. The first-order chi connectivity index (χ1) is 13.6. The van der Waals surface area contributed by atoms with Crippen LogP contribution in [0.15, 0.2) is 36.8 Å². The smallest absolute Gasteiger partial charge is 0.308 e. The minimum Gasteiger partial charge on any atom is -0.481 e. The molecule has 28 heavy (non-hydrogen) atoms. The standard InChI is InChI=1S/C22H30N4O2/c1-2-17-5-3-4-6-18(17)12-26-14-20(21(27)28)22(15-26)7-9-25(10-8-22)13-19-11-23-16-24-19/h3-6,11,16,20H,2,7-10,12-15H2,1H3,(H,23,24)(H,27,28). The average molecular weight is 383 g/mol. The third kappa shape index (κ3) is 3.84. The summed E-state index contributed by atoms with van der Waals surface area (Å²) < 4.78 is 0. The van der Waals surface area contributed by atoms with E-state index in [4.69, 9.17) is 0 Å². The van der Waals surface area contributed by atoms with Crippen molar-refractivity contribution in [2.45, 2.75) is 39.3 Å². The number of carbonyl (C=O) groups is 1. The highest BCUT2D eigenvalue weighted by Gasteiger charge is 2.51. The number of rotatable bonds is 6. The zero-order chi connectivity index (χ0) is 19.6. The van der Waals surface area contributed by atoms with Crippen LogP contribution >= 0.6 is 0 Å². The van der Waals surface area contributed by atoms with Gasteiger partial charge in [-0.15, -0.1) is 0 Å². The Morgan fingerprint density at radius 1 is 1.21 bits per heavy atom. The van der Waals surface area contributed by atoms with Crippen LogP contribution in [0, 0.1) is 11.3 Å². The lowest BCUT2D eigenvalue weighted by Gasteiger charge is -2.41. The molecule has 6 heteroatoms. The molecule has 150 valence electrons. The quantitative estimate of drug-likeness (QED) is 0.804. The zero-order valence-corrected chi connectivity index (χ0v) is 16.6. The number of aryl methyl sites for hydroxylation is 1. The van der Waals surface area contributed by atoms with E-state index in [1.165, 1.54) is 11.1 Å². The minimum atomic E-state index is -0.631. The largest absolute Gasteiger partial charge is 0.481 e. The molecule has 0 aliphatic carbocycles. The van der Waals surface area contributed by atoms with Gasteiger partial charge in [0.15, 0.2) is 0 Å². The number of nitrogens with one attached hydrogen (secondary N) is 1. The van der Waals surface area contributed by atoms with Crippen molar-refractivity contribution >= 4 is 5.97 Å². The van der Waals surface area contributed by atoms with E-state index in [9.17, 15) is 9.90 Å². The summed E-state index contributed by atoms with van der Waals surface area (Å²) in [5.74, 6) is -0.899. The normalized spacial score (nSPS) is 22.7. The Morgan fingerprint density at radius 3 is 2.61 bits per heavy atom. The Labute approximate surface area is 166 Å². The maximum Gasteiger partial charge on any atom is 0.308 e. The van der Waals surface area contributed by atoms with Crippen molar-refractivity contribution in [2.24, 2.45) is 11.3 Å². The molecule has 2 fully saturated rings. The molecule has 0 bridgehead atoms. The fourth-order valence-corrected chi connectivity index (χ4v) is 5.11. The monoisotopic (exact) mass is 382 g/mol. The topological polar surface area (TPSA) is 72.5 Å². The predicted octanol–water partition coefficient (Wildman–Crippen LogP) is 2.77. The van der Waals surface area contributed by atoms with Crippen molar-refractivity contribution in [2.75, 3.05) is 26.2 Å². The highest BCUT2D eigenvalue weighted by molar-refractivity contribution is 5.72. The summed E-state index contributed by atoms with van der Waals surface area (Å²) in [6.45, 7) is 7.34. The molecular formula is C22H30N4O2. The molecule has 1 spiro atoms. The Hall–Kier alpha value is -2.18. The molecule has 2 aromatic rings. The summed E-state index contributed by atoms with van der Waals surface area (Å²) in [6.07, 6.45) is 6.49. The van der Waals surface area contributed by atoms with E-state index in [-0.39, 0.29) is 11.3 Å². The summed E-state index contributed by atoms with van der Waals surface area (Å²) in [4.78, 5) is 24.1. The van der Waals surface area contributed by atoms with Gasteiger partial charge in [0.25, 0.3) is 0 Å². The van der Waals surface area contributed by atoms with Crippen molar-refractivity contribution in [3.63, 3.8) is 0 Å². The number of H-pyrrole nitrogens is 1. The van der Waals surface area contributed by atoms with Crippen molar-refractivity contribution < 1.29 is 9.90 Å². The SMILES string of the molecule is CCc1ccccc1CN1CC(C(=O)O)C2(CCN(Cc3cnc[nH]3)CC2)C1. The van der Waals surface area contributed by atoms with Crippen LogP contribution in [0.3, 0.4) is 0 Å². The maximum absolute atomic E-state index is 12.1. The number of aromatic amines is 1. The van der Waals surface area contributed by atoms with Crippen molar-refractivity contribution in [3.8, 4) is 0 Å². The van der Waals surface area contributed by atoms with Gasteiger partial charge in [0.05, 0.1) is 12.2 Å². The second-order valence-corrected chi connectivity index (χ2v) is 8.40. The van der Waals surface area contributed by atoms with Gasteiger partial charge >= 0.3 is 5.97 Å². The van der Waals surface area contributed by atoms with Crippen LogP contribution in [-0.4, -0.2) is 57.0 Å². The number of imidazole rings is 1. The van der Waals surface area contributed by atoms with E-state index >= 15 is 0 Å². The van der Waals surface area contributed by atoms with Gasteiger partial charge in [-0.2, -0.15) is 0 Å². The molecule has 2 aliphatic rings. The number of carboxylic acid groups (broad SMARTS) is 1. The number of benzene rings is 1. The van der Waals surface area contributed by atoms with Crippen molar-refractivity contribution in [1.29, 1.82) is 0 Å². The van der Waals surface area contributed by atoms with Crippen LogP contribution in [0.2, 0.25) is 0 Å². The summed E-state index contributed by atoms with van der Waals surface area (Å²) in [5.41, 5.74) is 3.72. The number of hydrogen-bond donors (Lipinski definition) is 2. The first kappa shape index (κ1) is 19.2. The number of hydrogen-bond acceptors (Lipinski definition) is 4. The Morgan fingerprint density at radius 2 is 1.96 bits per heavy atom. The van der Waals surface area contributed by atoms with E-state index in [0.29, 0.717) is 6.54 Å². The van der Waals surface area contributed by atoms with E-state index in [2.05, 4.69) is 51.0 Å². The first-order valence-electron chi connectivity index (χ1n) is 10.3. The zero-order valence-electron chi connectivity index (χ0n) is 16.6. The van der Waals surface area contributed by atoms with Gasteiger partial charge in [0.1, 0.15) is 0 Å². The van der Waals surface area contributed by atoms with Crippen molar-refractivity contribution in [1.82, 2.24) is 19.8 Å². The first-order valence-corrected chi connectivity index (χ1v) is 10.3. The molecule has 2 saturated heterocycles. The van der Waals surface area contributed by atoms with Crippen LogP contribution in [-0.2, 0) is 24.3 Å². The predicted molar refractivity (Wildman–Crippen MR) is 108 cm³/mol. The van der Waals surface area contributed by atoms with Crippen LogP contribution in [0.25, 0.3) is 0 Å². The Balaban J connectivity index is 1.44. The second-order valence-electron chi connectivity index (χ2n) is 8.40. The number of carboxylic acids is 1. The number of aliphatic carboxylic acids is 1. The molecule has 4 rings (SSSR count). The number of piperidine rings is 1. The minimum absolute atomic E-state index is 0.0997. The number of aromatic nitrogens is 2. The van der Waals surface area contributed by atoms with Crippen LogP contribution in [0.1, 0.15) is 36.6 Å². The summed E-state index contributed by atoms with van der Waals surface area (Å²) in [5, 5.41) is 9.94. The van der Waals surface area contributed by atoms with Gasteiger partial charge in [-0.3, -0.25) is 14.6 Å². The van der Waals surface area contributed by atoms with Crippen LogP contribution in [0.4, 0.5) is 0 Å². The number of nitrogens with zero attached hydrogens (tertiary/aromatic N) is 3. The summed E-state index contributed by atoms with van der Waals surface area (Å²) in [7, 11) is 0. The molecule has 6 nitrogen and oxygen atoms in total. The van der Waals surface area contributed by atoms with E-state index in [0.717, 1.165) is 57.7 Å². The van der Waals surface area contributed by atoms with Gasteiger partial charge in [0.2, 0.25) is 0 Å². The molecule has 1 unspecified atom stereocenters. The van der Waals surface area contributed by atoms with E-state index < -0.39 is 5.97 Å². The van der Waals surface area contributed by atoms with Crippen molar-refractivity contribution in [3.05, 3.63) is 53.6 Å². The van der Waals surface area contributed by atoms with Gasteiger partial charge in [-0.05, 0) is 43.5 Å². The lowest BCUT2D eigenvalue weighted by atomic mass is 9.71. The van der Waals surface area contributed by atoms with Crippen LogP contribution in [0.5, 0.6) is 0 Å². The molecule has 2 N–H and O–H groups in total. The second kappa shape index (κ2) is 8.05. The van der Waals surface area contributed by atoms with E-state index in [1.54, 1.807) is 6.33 Å². The Bertz CT molecular complexity index is 797. The summed E-state index contributed by atoms with van der Waals surface area (Å²) in [6, 6.07) is 8.54. The third-order valence-corrected chi connectivity index (χ3v) is 6.71. The fraction of sp³-hybridized carbons (Fsp3) is 0.545. The van der Waals surface area contributed by atoms with Gasteiger partial charge < -0.3 is 10.1 Å². The highest BCUT2D eigenvalue weighted by Crippen LogP contribution is 2.45. The molecule has 0 saturated carbocycles. The Kier molecular flexibility index (Phi) is 5.51. The molecule has 2 aliphatic heterocycles. The van der Waals surface area contributed by atoms with Gasteiger partial charge in [0, 0.05) is 43.5 Å². The molecule has 0 amide bonds. The molecule has 0 radical (unpaired) electrons. The lowest BCUT2D eigenvalue weighted by Crippen LogP contribution is -2.45. The van der Waals surface area contributed by atoms with Gasteiger partial charge in [-0.25, -0.2) is 4.98 Å². The maximum atomic E-state index is 12.1. The summed E-state index contributed by atoms with van der Waals surface area (Å²) >= 11 is 0. The number of likely N-dealkylation sites (tertiary alicyclic amines) is 2. The molecule has 1 aromatic heterocycles. The lowest BCUT2D eigenvalue weighted by molar-refractivity contribution is -0.146. The highest BCUT2D eigenvalue weighted by atomic mass is 16.4. The van der Waals surface area contributed by atoms with E-state index in [1.807, 2.05) is 6.20 Å². The molecule has 3 heterocycles. The van der Waals surface area contributed by atoms with Crippen LogP contribution < -0.4 is 0 Å². The average Bonchev–Trinajstić information content (AvgIpc) is 3.32. The molecule has 1 aromatic carbocycles. The van der Waals surface area contributed by atoms with Gasteiger partial charge in [-0.1, -0.05) is 31.2 Å².